The number of Topliss-reactive ketones (excluding diaryl/α,β-unsaturated/α-hetero) is 1. The lowest BCUT2D eigenvalue weighted by Crippen LogP contribution is -2.20. The minimum Gasteiger partial charge on any atom is -0.486 e. The van der Waals surface area contributed by atoms with Gasteiger partial charge in [0.05, 0.1) is 4.92 Å². The third-order valence-corrected chi connectivity index (χ3v) is 2.35. The molecule has 1 aliphatic rings. The van der Waals surface area contributed by atoms with Crippen LogP contribution < -0.4 is 4.74 Å². The first-order chi connectivity index (χ1) is 7.08. The minimum atomic E-state index is -0.450. The number of ketones is 1. The SMILES string of the molecule is Cc1cc2c(cc1[N+](=O)[O-])CC(=O)CO2. The van der Waals surface area contributed by atoms with Gasteiger partial charge in [-0.25, -0.2) is 0 Å². The Kier molecular flexibility index (Phi) is 2.15. The second-order valence-electron chi connectivity index (χ2n) is 3.51. The van der Waals surface area contributed by atoms with E-state index in [0.717, 1.165) is 0 Å². The molecular weight excluding hydrogens is 198 g/mol. The number of aryl methyl sites for hydroxylation is 1. The molecule has 1 heterocycles. The summed E-state index contributed by atoms with van der Waals surface area (Å²) in [5, 5.41) is 10.7. The Morgan fingerprint density at radius 1 is 1.47 bits per heavy atom. The molecule has 0 spiro atoms. The van der Waals surface area contributed by atoms with E-state index < -0.39 is 4.92 Å². The molecule has 0 saturated carbocycles. The first kappa shape index (κ1) is 9.64. The predicted octanol–water partition coefficient (Wildman–Crippen LogP) is 1.41. The smallest absolute Gasteiger partial charge is 0.272 e. The van der Waals surface area contributed by atoms with Gasteiger partial charge in [-0.1, -0.05) is 0 Å². The number of carbonyl (C=O) groups excluding carboxylic acids is 1. The summed E-state index contributed by atoms with van der Waals surface area (Å²) < 4.78 is 5.18. The maximum absolute atomic E-state index is 11.1. The summed E-state index contributed by atoms with van der Waals surface area (Å²) in [6.45, 7) is 1.71. The van der Waals surface area contributed by atoms with Crippen LogP contribution in [0.5, 0.6) is 5.75 Å². The Bertz CT molecular complexity index is 453. The number of ether oxygens (including phenoxy) is 1. The first-order valence-electron chi connectivity index (χ1n) is 4.50. The zero-order valence-electron chi connectivity index (χ0n) is 8.15. The van der Waals surface area contributed by atoms with Crippen molar-refractivity contribution in [1.82, 2.24) is 0 Å². The summed E-state index contributed by atoms with van der Waals surface area (Å²) in [7, 11) is 0. The van der Waals surface area contributed by atoms with Crippen LogP contribution in [0.4, 0.5) is 5.69 Å². The van der Waals surface area contributed by atoms with Crippen LogP contribution in [0.1, 0.15) is 11.1 Å². The van der Waals surface area contributed by atoms with Crippen LogP contribution in [0, 0.1) is 17.0 Å². The van der Waals surface area contributed by atoms with Crippen molar-refractivity contribution in [2.45, 2.75) is 13.3 Å². The van der Waals surface area contributed by atoms with Gasteiger partial charge in [-0.3, -0.25) is 14.9 Å². The van der Waals surface area contributed by atoms with Gasteiger partial charge >= 0.3 is 0 Å². The average molecular weight is 207 g/mol. The average Bonchev–Trinajstić information content (AvgIpc) is 2.17. The fourth-order valence-electron chi connectivity index (χ4n) is 1.60. The van der Waals surface area contributed by atoms with Gasteiger partial charge in [-0.15, -0.1) is 0 Å². The molecule has 0 bridgehead atoms. The Morgan fingerprint density at radius 3 is 2.87 bits per heavy atom. The molecule has 0 aliphatic carbocycles. The van der Waals surface area contributed by atoms with Gasteiger partial charge < -0.3 is 4.74 Å². The second-order valence-corrected chi connectivity index (χ2v) is 3.51. The highest BCUT2D eigenvalue weighted by Gasteiger charge is 2.21. The highest BCUT2D eigenvalue weighted by molar-refractivity contribution is 5.85. The van der Waals surface area contributed by atoms with Gasteiger partial charge in [-0.05, 0) is 13.0 Å². The molecule has 1 aliphatic heterocycles. The number of rotatable bonds is 1. The summed E-state index contributed by atoms with van der Waals surface area (Å²) >= 11 is 0. The van der Waals surface area contributed by atoms with Crippen molar-refractivity contribution >= 4 is 11.5 Å². The van der Waals surface area contributed by atoms with Gasteiger partial charge in [0.1, 0.15) is 12.4 Å². The monoisotopic (exact) mass is 207 g/mol. The van der Waals surface area contributed by atoms with Crippen LogP contribution >= 0.6 is 0 Å². The Balaban J connectivity index is 2.51. The third kappa shape index (κ3) is 1.68. The predicted molar refractivity (Wildman–Crippen MR) is 52.0 cm³/mol. The number of carbonyl (C=O) groups is 1. The van der Waals surface area contributed by atoms with E-state index in [1.54, 1.807) is 13.0 Å². The van der Waals surface area contributed by atoms with E-state index in [0.29, 0.717) is 16.9 Å². The van der Waals surface area contributed by atoms with Crippen LogP contribution in [0.2, 0.25) is 0 Å². The quantitative estimate of drug-likeness (QED) is 0.515. The van der Waals surface area contributed by atoms with Crippen LogP contribution in [-0.4, -0.2) is 17.3 Å². The van der Waals surface area contributed by atoms with Crippen molar-refractivity contribution in [3.63, 3.8) is 0 Å². The van der Waals surface area contributed by atoms with E-state index in [2.05, 4.69) is 0 Å². The topological polar surface area (TPSA) is 69.4 Å². The number of benzene rings is 1. The van der Waals surface area contributed by atoms with E-state index in [4.69, 9.17) is 4.74 Å². The van der Waals surface area contributed by atoms with Crippen LogP contribution in [-0.2, 0) is 11.2 Å². The molecule has 78 valence electrons. The van der Waals surface area contributed by atoms with Gasteiger partial charge in [0.15, 0.2) is 5.78 Å². The van der Waals surface area contributed by atoms with E-state index in [9.17, 15) is 14.9 Å². The standard InChI is InChI=1S/C10H9NO4/c1-6-2-10-7(3-8(12)5-15-10)4-9(6)11(13)14/h2,4H,3,5H2,1H3. The Morgan fingerprint density at radius 2 is 2.20 bits per heavy atom. The molecule has 0 unspecified atom stereocenters. The summed E-state index contributed by atoms with van der Waals surface area (Å²) in [4.78, 5) is 21.3. The maximum Gasteiger partial charge on any atom is 0.272 e. The maximum atomic E-state index is 11.1. The van der Waals surface area contributed by atoms with Crippen molar-refractivity contribution in [2.75, 3.05) is 6.61 Å². The van der Waals surface area contributed by atoms with Crippen molar-refractivity contribution < 1.29 is 14.5 Å². The molecule has 15 heavy (non-hydrogen) atoms. The zero-order chi connectivity index (χ0) is 11.0. The molecule has 0 N–H and O–H groups in total. The van der Waals surface area contributed by atoms with Crippen molar-refractivity contribution in [3.05, 3.63) is 33.4 Å². The fraction of sp³-hybridized carbons (Fsp3) is 0.300. The first-order valence-corrected chi connectivity index (χ1v) is 4.50. The summed E-state index contributed by atoms with van der Waals surface area (Å²) in [5.41, 5.74) is 1.18. The number of fused-ring (bicyclic) bond motifs is 1. The Labute approximate surface area is 85.8 Å². The molecule has 0 atom stereocenters. The highest BCUT2D eigenvalue weighted by atomic mass is 16.6. The summed E-state index contributed by atoms with van der Waals surface area (Å²) in [6, 6.07) is 3.03. The van der Waals surface area contributed by atoms with Crippen LogP contribution in [0.15, 0.2) is 12.1 Å². The van der Waals surface area contributed by atoms with Crippen molar-refractivity contribution in [2.24, 2.45) is 0 Å². The van der Waals surface area contributed by atoms with Gasteiger partial charge in [0, 0.05) is 23.6 Å². The molecule has 5 nitrogen and oxygen atoms in total. The number of hydrogen-bond donors (Lipinski definition) is 0. The summed E-state index contributed by atoms with van der Waals surface area (Å²) in [5.74, 6) is 0.526. The lowest BCUT2D eigenvalue weighted by Gasteiger charge is -2.16. The molecule has 0 aromatic heterocycles. The van der Waals surface area contributed by atoms with Crippen molar-refractivity contribution in [1.29, 1.82) is 0 Å². The minimum absolute atomic E-state index is 0.0343. The molecule has 5 heteroatoms. The van der Waals surface area contributed by atoms with Gasteiger partial charge in [0.25, 0.3) is 5.69 Å². The number of nitro benzene ring substituents is 1. The zero-order valence-corrected chi connectivity index (χ0v) is 8.15. The van der Waals surface area contributed by atoms with E-state index in [1.807, 2.05) is 0 Å². The molecule has 1 aromatic rings. The largest absolute Gasteiger partial charge is 0.486 e. The highest BCUT2D eigenvalue weighted by Crippen LogP contribution is 2.30. The molecule has 2 rings (SSSR count). The molecule has 0 radical (unpaired) electrons. The summed E-state index contributed by atoms with van der Waals surface area (Å²) in [6.07, 6.45) is 0.219. The normalized spacial score (nSPS) is 14.3. The lowest BCUT2D eigenvalue weighted by molar-refractivity contribution is -0.385. The molecule has 0 saturated heterocycles. The Hall–Kier alpha value is -1.91. The van der Waals surface area contributed by atoms with E-state index >= 15 is 0 Å². The van der Waals surface area contributed by atoms with Crippen molar-refractivity contribution in [3.8, 4) is 5.75 Å². The number of hydrogen-bond acceptors (Lipinski definition) is 4. The molecule has 0 fully saturated rings. The van der Waals surface area contributed by atoms with Crippen LogP contribution in [0.25, 0.3) is 0 Å². The van der Waals surface area contributed by atoms with Gasteiger partial charge in [0.2, 0.25) is 0 Å². The van der Waals surface area contributed by atoms with Crippen LogP contribution in [0.3, 0.4) is 0 Å². The fourth-order valence-corrected chi connectivity index (χ4v) is 1.60. The number of nitrogens with zero attached hydrogens (tertiary/aromatic N) is 1. The second kappa shape index (κ2) is 3.34. The van der Waals surface area contributed by atoms with E-state index in [-0.39, 0.29) is 24.5 Å². The lowest BCUT2D eigenvalue weighted by atomic mass is 10.0. The molecule has 0 amide bonds. The molecule has 1 aromatic carbocycles. The van der Waals surface area contributed by atoms with E-state index in [1.165, 1.54) is 6.07 Å². The van der Waals surface area contributed by atoms with Gasteiger partial charge in [-0.2, -0.15) is 0 Å². The number of nitro groups is 1. The third-order valence-electron chi connectivity index (χ3n) is 2.35. The molecular formula is C10H9NO4.